The van der Waals surface area contributed by atoms with E-state index < -0.39 is 17.7 Å². The third kappa shape index (κ3) is 4.53. The van der Waals surface area contributed by atoms with Crippen LogP contribution in [0, 0.1) is 13.8 Å². The van der Waals surface area contributed by atoms with E-state index in [1.165, 1.54) is 16.2 Å². The number of rotatable bonds is 7. The molecule has 6 nitrogen and oxygen atoms in total. The van der Waals surface area contributed by atoms with Gasteiger partial charge < -0.3 is 14.7 Å². The Labute approximate surface area is 213 Å². The number of thiazole rings is 1. The Kier molecular flexibility index (Phi) is 6.40. The van der Waals surface area contributed by atoms with Gasteiger partial charge in [-0.25, -0.2) is 4.98 Å². The van der Waals surface area contributed by atoms with E-state index in [0.717, 1.165) is 10.6 Å². The molecule has 1 aliphatic rings. The summed E-state index contributed by atoms with van der Waals surface area (Å²) >= 11 is 1.26. The van der Waals surface area contributed by atoms with Gasteiger partial charge in [0.15, 0.2) is 5.76 Å². The number of Topliss-reactive ketones (excluding diaryl/α,β-unsaturated/α-hetero) is 1. The van der Waals surface area contributed by atoms with Crippen molar-refractivity contribution < 1.29 is 19.4 Å². The molecule has 0 fully saturated rings. The highest BCUT2D eigenvalue weighted by molar-refractivity contribution is 7.14. The molecule has 2 heterocycles. The number of hydrogen-bond acceptors (Lipinski definition) is 6. The van der Waals surface area contributed by atoms with Crippen molar-refractivity contribution in [1.82, 2.24) is 9.88 Å². The summed E-state index contributed by atoms with van der Waals surface area (Å²) in [6, 6.07) is 25.4. The van der Waals surface area contributed by atoms with Crippen molar-refractivity contribution in [3.05, 3.63) is 123 Å². The van der Waals surface area contributed by atoms with Crippen LogP contribution in [0.5, 0.6) is 11.5 Å². The Morgan fingerprint density at radius 2 is 1.64 bits per heavy atom. The van der Waals surface area contributed by atoms with Crippen molar-refractivity contribution in [2.45, 2.75) is 26.4 Å². The summed E-state index contributed by atoms with van der Waals surface area (Å²) in [5.41, 5.74) is 2.19. The minimum absolute atomic E-state index is 0.0551. The zero-order valence-corrected chi connectivity index (χ0v) is 20.7. The standard InChI is InChI=1S/C29H24N2O4S/c1-18-28(36-19(2)30-18)26(32)24-25(31(29(34)27(24)33)17-20-10-5-3-6-11-20)21-12-9-15-23(16-21)35-22-13-7-4-8-14-22/h3-16,25,33H,17H2,1-2H3. The number of aliphatic hydroxyl groups excluding tert-OH is 1. The number of ketones is 1. The highest BCUT2D eigenvalue weighted by Crippen LogP contribution is 2.42. The molecule has 36 heavy (non-hydrogen) atoms. The Bertz CT molecular complexity index is 1460. The van der Waals surface area contributed by atoms with Crippen LogP contribution in [0.15, 0.2) is 96.3 Å². The molecule has 7 heteroatoms. The predicted octanol–water partition coefficient (Wildman–Crippen LogP) is 6.33. The average molecular weight is 497 g/mol. The summed E-state index contributed by atoms with van der Waals surface area (Å²) in [6.07, 6.45) is 0. The van der Waals surface area contributed by atoms with Crippen molar-refractivity contribution >= 4 is 23.0 Å². The maximum Gasteiger partial charge on any atom is 0.290 e. The molecular weight excluding hydrogens is 472 g/mol. The fourth-order valence-electron chi connectivity index (χ4n) is 4.41. The number of aliphatic hydroxyl groups is 1. The van der Waals surface area contributed by atoms with Gasteiger partial charge in [-0.1, -0.05) is 60.7 Å². The van der Waals surface area contributed by atoms with E-state index in [1.54, 1.807) is 13.0 Å². The van der Waals surface area contributed by atoms with Crippen LogP contribution < -0.4 is 4.74 Å². The van der Waals surface area contributed by atoms with Gasteiger partial charge in [-0.15, -0.1) is 11.3 Å². The highest BCUT2D eigenvalue weighted by atomic mass is 32.1. The first-order valence-corrected chi connectivity index (χ1v) is 12.3. The molecule has 5 rings (SSSR count). The molecule has 1 aromatic heterocycles. The second kappa shape index (κ2) is 9.79. The highest BCUT2D eigenvalue weighted by Gasteiger charge is 2.44. The lowest BCUT2D eigenvalue weighted by Gasteiger charge is -2.27. The van der Waals surface area contributed by atoms with E-state index in [2.05, 4.69) is 4.98 Å². The van der Waals surface area contributed by atoms with Gasteiger partial charge >= 0.3 is 0 Å². The molecule has 0 saturated heterocycles. The first-order valence-electron chi connectivity index (χ1n) is 11.5. The Morgan fingerprint density at radius 1 is 0.972 bits per heavy atom. The van der Waals surface area contributed by atoms with Gasteiger partial charge in [-0.3, -0.25) is 9.59 Å². The topological polar surface area (TPSA) is 79.7 Å². The first-order chi connectivity index (χ1) is 17.4. The van der Waals surface area contributed by atoms with Crippen LogP contribution in [0.4, 0.5) is 0 Å². The molecule has 1 amide bonds. The van der Waals surface area contributed by atoms with Crippen LogP contribution in [-0.2, 0) is 11.3 Å². The van der Waals surface area contributed by atoms with E-state index in [4.69, 9.17) is 4.74 Å². The van der Waals surface area contributed by atoms with Crippen LogP contribution in [0.25, 0.3) is 0 Å². The number of ether oxygens (including phenoxy) is 1. The van der Waals surface area contributed by atoms with Crippen LogP contribution >= 0.6 is 11.3 Å². The maximum atomic E-state index is 13.7. The zero-order valence-electron chi connectivity index (χ0n) is 19.8. The number of aryl methyl sites for hydroxylation is 2. The number of benzene rings is 3. The maximum absolute atomic E-state index is 13.7. The molecule has 180 valence electrons. The molecule has 0 bridgehead atoms. The Hall–Kier alpha value is -4.23. The summed E-state index contributed by atoms with van der Waals surface area (Å²) < 4.78 is 6.01. The van der Waals surface area contributed by atoms with Crippen LogP contribution in [0.1, 0.15) is 37.5 Å². The van der Waals surface area contributed by atoms with Crippen molar-refractivity contribution in [2.75, 3.05) is 0 Å². The molecule has 1 aliphatic heterocycles. The number of carbonyl (C=O) groups is 2. The minimum atomic E-state index is -0.786. The monoisotopic (exact) mass is 496 g/mol. The number of aromatic nitrogens is 1. The minimum Gasteiger partial charge on any atom is -0.503 e. The zero-order chi connectivity index (χ0) is 25.2. The Balaban J connectivity index is 1.58. The number of para-hydroxylation sites is 1. The molecule has 0 aliphatic carbocycles. The first kappa shape index (κ1) is 23.5. The largest absolute Gasteiger partial charge is 0.503 e. The van der Waals surface area contributed by atoms with Gasteiger partial charge in [0, 0.05) is 6.54 Å². The SMILES string of the molecule is Cc1nc(C)c(C(=O)C2=C(O)C(=O)N(Cc3ccccc3)C2c2cccc(Oc3ccccc3)c2)s1. The molecule has 4 aromatic rings. The van der Waals surface area contributed by atoms with Crippen LogP contribution in [0.3, 0.4) is 0 Å². The smallest absolute Gasteiger partial charge is 0.290 e. The quantitative estimate of drug-likeness (QED) is 0.303. The second-order valence-corrected chi connectivity index (χ2v) is 9.75. The third-order valence-corrected chi connectivity index (χ3v) is 7.08. The Morgan fingerprint density at radius 3 is 2.31 bits per heavy atom. The van der Waals surface area contributed by atoms with Crippen LogP contribution in [-0.4, -0.2) is 26.7 Å². The summed E-state index contributed by atoms with van der Waals surface area (Å²) in [5.74, 6) is -0.266. The van der Waals surface area contributed by atoms with Gasteiger partial charge in [0.1, 0.15) is 11.5 Å². The molecule has 0 radical (unpaired) electrons. The van der Waals surface area contributed by atoms with Crippen molar-refractivity contribution in [3.8, 4) is 11.5 Å². The molecule has 1 unspecified atom stereocenters. The normalized spacial score (nSPS) is 15.4. The summed E-state index contributed by atoms with van der Waals surface area (Å²) in [4.78, 5) is 33.4. The van der Waals surface area contributed by atoms with E-state index >= 15 is 0 Å². The molecule has 3 aromatic carbocycles. The summed E-state index contributed by atoms with van der Waals surface area (Å²) in [5, 5.41) is 11.7. The van der Waals surface area contributed by atoms with Gasteiger partial charge in [0.25, 0.3) is 5.91 Å². The molecular formula is C29H24N2O4S. The lowest BCUT2D eigenvalue weighted by atomic mass is 9.94. The second-order valence-electron chi connectivity index (χ2n) is 8.55. The van der Waals surface area contributed by atoms with Gasteiger partial charge in [-0.05, 0) is 49.2 Å². The average Bonchev–Trinajstić information content (AvgIpc) is 3.35. The van der Waals surface area contributed by atoms with Gasteiger partial charge in [-0.2, -0.15) is 0 Å². The number of hydrogen-bond donors (Lipinski definition) is 1. The fourth-order valence-corrected chi connectivity index (χ4v) is 5.29. The number of amides is 1. The van der Waals surface area contributed by atoms with E-state index in [0.29, 0.717) is 27.6 Å². The van der Waals surface area contributed by atoms with Gasteiger partial charge in [0.2, 0.25) is 5.78 Å². The van der Waals surface area contributed by atoms with Crippen LogP contribution in [0.2, 0.25) is 0 Å². The number of nitrogens with zero attached hydrogens (tertiary/aromatic N) is 2. The van der Waals surface area contributed by atoms with E-state index in [1.807, 2.05) is 85.8 Å². The summed E-state index contributed by atoms with van der Waals surface area (Å²) in [6.45, 7) is 3.82. The van der Waals surface area contributed by atoms with E-state index in [9.17, 15) is 14.7 Å². The number of carbonyl (C=O) groups excluding carboxylic acids is 2. The van der Waals surface area contributed by atoms with Gasteiger partial charge in [0.05, 0.1) is 27.2 Å². The third-order valence-electron chi connectivity index (χ3n) is 6.01. The molecule has 1 atom stereocenters. The molecule has 0 saturated carbocycles. The predicted molar refractivity (Wildman–Crippen MR) is 138 cm³/mol. The van der Waals surface area contributed by atoms with Crippen molar-refractivity contribution in [1.29, 1.82) is 0 Å². The van der Waals surface area contributed by atoms with E-state index in [-0.39, 0.29) is 17.9 Å². The lowest BCUT2D eigenvalue weighted by molar-refractivity contribution is -0.130. The molecule has 0 spiro atoms. The molecule has 1 N–H and O–H groups in total. The lowest BCUT2D eigenvalue weighted by Crippen LogP contribution is -2.30. The van der Waals surface area contributed by atoms with Crippen molar-refractivity contribution in [3.63, 3.8) is 0 Å². The van der Waals surface area contributed by atoms with Crippen molar-refractivity contribution in [2.24, 2.45) is 0 Å². The fraction of sp³-hybridized carbons (Fsp3) is 0.138. The summed E-state index contributed by atoms with van der Waals surface area (Å²) in [7, 11) is 0.